The molecule has 0 aromatic heterocycles. The lowest BCUT2D eigenvalue weighted by Gasteiger charge is -2.18. The summed E-state index contributed by atoms with van der Waals surface area (Å²) in [6.45, 7) is 6.27. The lowest BCUT2D eigenvalue weighted by molar-refractivity contribution is -0.139. The number of nitriles is 1. The molecular formula is C19H30N2O4. The minimum absolute atomic E-state index is 0.0356. The molecule has 1 atom stereocenters. The van der Waals surface area contributed by atoms with Crippen molar-refractivity contribution >= 4 is 5.97 Å². The summed E-state index contributed by atoms with van der Waals surface area (Å²) >= 11 is 0. The molecule has 0 saturated heterocycles. The number of nitrogens with one attached hydrogen (secondary N) is 1. The summed E-state index contributed by atoms with van der Waals surface area (Å²) < 4.78 is 15.7. The van der Waals surface area contributed by atoms with Crippen LogP contribution in [0.25, 0.3) is 0 Å². The molecule has 0 fully saturated rings. The highest BCUT2D eigenvalue weighted by atomic mass is 16.5. The van der Waals surface area contributed by atoms with Crippen molar-refractivity contribution in [2.24, 2.45) is 0 Å². The molecule has 0 aliphatic heterocycles. The highest BCUT2D eigenvalue weighted by molar-refractivity contribution is 5.94. The quantitative estimate of drug-likeness (QED) is 0.267. The molecule has 0 bridgehead atoms. The maximum Gasteiger partial charge on any atom is 0.349 e. The zero-order valence-corrected chi connectivity index (χ0v) is 15.6. The van der Waals surface area contributed by atoms with E-state index in [2.05, 4.69) is 5.32 Å². The number of hydrogen-bond donors (Lipinski definition) is 1. The Morgan fingerprint density at radius 3 is 2.88 bits per heavy atom. The maximum absolute atomic E-state index is 12.2. The van der Waals surface area contributed by atoms with Gasteiger partial charge in [0.1, 0.15) is 11.6 Å². The first-order valence-corrected chi connectivity index (χ1v) is 8.97. The summed E-state index contributed by atoms with van der Waals surface area (Å²) in [6.07, 6.45) is 6.05. The Kier molecular flexibility index (Phi) is 10.6. The summed E-state index contributed by atoms with van der Waals surface area (Å²) in [5, 5.41) is 12.7. The van der Waals surface area contributed by atoms with Crippen LogP contribution in [0.1, 0.15) is 46.0 Å². The molecule has 0 spiro atoms. The van der Waals surface area contributed by atoms with Crippen molar-refractivity contribution in [1.29, 1.82) is 5.26 Å². The molecule has 140 valence electrons. The summed E-state index contributed by atoms with van der Waals surface area (Å²) in [5.74, 6) is -0.543. The Balaban J connectivity index is 2.61. The first kappa shape index (κ1) is 21.2. The van der Waals surface area contributed by atoms with E-state index in [0.717, 1.165) is 43.5 Å². The molecule has 0 saturated carbocycles. The van der Waals surface area contributed by atoms with E-state index in [9.17, 15) is 10.1 Å². The predicted molar refractivity (Wildman–Crippen MR) is 95.7 cm³/mol. The van der Waals surface area contributed by atoms with Gasteiger partial charge in [0.2, 0.25) is 0 Å². The van der Waals surface area contributed by atoms with E-state index in [4.69, 9.17) is 14.2 Å². The van der Waals surface area contributed by atoms with Gasteiger partial charge in [0, 0.05) is 39.0 Å². The Bertz CT molecular complexity index is 520. The molecule has 1 N–H and O–H groups in total. The standard InChI is InChI=1S/C19H30N2O4/c1-4-24-15(2)9-12-25-19(22)18(14-20)16-7-5-8-17(13-16)21-10-6-11-23-3/h13,15,21H,4-12H2,1-3H3/b18-16-. The summed E-state index contributed by atoms with van der Waals surface area (Å²) in [7, 11) is 1.68. The first-order valence-electron chi connectivity index (χ1n) is 8.97. The average molecular weight is 350 g/mol. The summed E-state index contributed by atoms with van der Waals surface area (Å²) in [6, 6.07) is 2.01. The van der Waals surface area contributed by atoms with Gasteiger partial charge in [0.25, 0.3) is 0 Å². The van der Waals surface area contributed by atoms with Crippen LogP contribution in [0.4, 0.5) is 0 Å². The topological polar surface area (TPSA) is 80.6 Å². The van der Waals surface area contributed by atoms with Crippen molar-refractivity contribution in [3.8, 4) is 6.07 Å². The van der Waals surface area contributed by atoms with Crippen LogP contribution in [0.5, 0.6) is 0 Å². The number of rotatable bonds is 11. The zero-order valence-electron chi connectivity index (χ0n) is 15.6. The van der Waals surface area contributed by atoms with Gasteiger partial charge >= 0.3 is 5.97 Å². The molecule has 0 radical (unpaired) electrons. The Morgan fingerprint density at radius 1 is 1.40 bits per heavy atom. The molecule has 6 nitrogen and oxygen atoms in total. The summed E-state index contributed by atoms with van der Waals surface area (Å²) in [5.41, 5.74) is 1.92. The van der Waals surface area contributed by atoms with Gasteiger partial charge in [0.05, 0.1) is 12.7 Å². The number of carbonyl (C=O) groups is 1. The molecule has 1 aliphatic carbocycles. The fourth-order valence-corrected chi connectivity index (χ4v) is 2.63. The van der Waals surface area contributed by atoms with Crippen molar-refractivity contribution in [3.05, 3.63) is 22.9 Å². The number of esters is 1. The SMILES string of the molecule is CCOC(C)CCOC(=O)/C(C#N)=C1\C=C(NCCCOC)CCC1. The van der Waals surface area contributed by atoms with Crippen molar-refractivity contribution in [2.45, 2.75) is 52.1 Å². The molecule has 0 amide bonds. The van der Waals surface area contributed by atoms with E-state index < -0.39 is 5.97 Å². The summed E-state index contributed by atoms with van der Waals surface area (Å²) in [4.78, 5) is 12.2. The Labute approximate surface area is 150 Å². The van der Waals surface area contributed by atoms with Gasteiger partial charge in [-0.05, 0) is 51.2 Å². The Hall–Kier alpha value is -1.84. The van der Waals surface area contributed by atoms with Crippen LogP contribution in [0.3, 0.4) is 0 Å². The molecule has 6 heteroatoms. The van der Waals surface area contributed by atoms with Gasteiger partial charge in [-0.25, -0.2) is 4.79 Å². The maximum atomic E-state index is 12.2. The number of nitrogens with zero attached hydrogens (tertiary/aromatic N) is 1. The van der Waals surface area contributed by atoms with Crippen LogP contribution in [0.15, 0.2) is 22.9 Å². The minimum atomic E-state index is -0.543. The van der Waals surface area contributed by atoms with E-state index in [1.807, 2.05) is 26.0 Å². The van der Waals surface area contributed by atoms with Gasteiger partial charge in [0.15, 0.2) is 0 Å². The van der Waals surface area contributed by atoms with Crippen LogP contribution in [0.2, 0.25) is 0 Å². The number of methoxy groups -OCH3 is 1. The lowest BCUT2D eigenvalue weighted by atomic mass is 9.95. The molecule has 0 aromatic rings. The number of carbonyl (C=O) groups excluding carboxylic acids is 1. The van der Waals surface area contributed by atoms with Gasteiger partial charge in [-0.1, -0.05) is 0 Å². The Morgan fingerprint density at radius 2 is 2.20 bits per heavy atom. The average Bonchev–Trinajstić information content (AvgIpc) is 2.60. The van der Waals surface area contributed by atoms with Crippen molar-refractivity contribution in [1.82, 2.24) is 5.32 Å². The first-order chi connectivity index (χ1) is 12.1. The fraction of sp³-hybridized carbons (Fsp3) is 0.684. The van der Waals surface area contributed by atoms with Gasteiger partial charge < -0.3 is 19.5 Å². The van der Waals surface area contributed by atoms with Crippen LogP contribution in [-0.2, 0) is 19.0 Å². The largest absolute Gasteiger partial charge is 0.461 e. The number of ether oxygens (including phenoxy) is 3. The highest BCUT2D eigenvalue weighted by Crippen LogP contribution is 2.24. The van der Waals surface area contributed by atoms with E-state index in [1.165, 1.54) is 0 Å². The zero-order chi connectivity index (χ0) is 18.5. The molecule has 25 heavy (non-hydrogen) atoms. The predicted octanol–water partition coefficient (Wildman–Crippen LogP) is 2.86. The second kappa shape index (κ2) is 12.5. The van der Waals surface area contributed by atoms with E-state index >= 15 is 0 Å². The third-order valence-electron chi connectivity index (χ3n) is 3.96. The van der Waals surface area contributed by atoms with Crippen LogP contribution in [0, 0.1) is 11.3 Å². The normalized spacial score (nSPS) is 17.3. The third kappa shape index (κ3) is 8.19. The van der Waals surface area contributed by atoms with Gasteiger partial charge in [-0.3, -0.25) is 0 Å². The molecule has 1 rings (SSSR count). The molecule has 0 aromatic carbocycles. The molecular weight excluding hydrogens is 320 g/mol. The van der Waals surface area contributed by atoms with Crippen LogP contribution in [-0.4, -0.2) is 45.5 Å². The minimum Gasteiger partial charge on any atom is -0.461 e. The molecule has 1 aliphatic rings. The van der Waals surface area contributed by atoms with Crippen molar-refractivity contribution in [2.75, 3.05) is 33.5 Å². The van der Waals surface area contributed by atoms with E-state index in [0.29, 0.717) is 19.6 Å². The van der Waals surface area contributed by atoms with E-state index in [1.54, 1.807) is 7.11 Å². The van der Waals surface area contributed by atoms with Crippen molar-refractivity contribution in [3.63, 3.8) is 0 Å². The van der Waals surface area contributed by atoms with Crippen LogP contribution >= 0.6 is 0 Å². The van der Waals surface area contributed by atoms with Gasteiger partial charge in [-0.15, -0.1) is 0 Å². The monoisotopic (exact) mass is 350 g/mol. The number of allylic oxidation sites excluding steroid dienone is 3. The van der Waals surface area contributed by atoms with Gasteiger partial charge in [-0.2, -0.15) is 5.26 Å². The molecule has 0 heterocycles. The molecule has 1 unspecified atom stereocenters. The van der Waals surface area contributed by atoms with Crippen LogP contribution < -0.4 is 5.32 Å². The second-order valence-electron chi connectivity index (χ2n) is 6.00. The number of hydrogen-bond acceptors (Lipinski definition) is 6. The van der Waals surface area contributed by atoms with E-state index in [-0.39, 0.29) is 18.3 Å². The van der Waals surface area contributed by atoms with Crippen molar-refractivity contribution < 1.29 is 19.0 Å². The third-order valence-corrected chi connectivity index (χ3v) is 3.96. The fourth-order valence-electron chi connectivity index (χ4n) is 2.63. The smallest absolute Gasteiger partial charge is 0.349 e. The highest BCUT2D eigenvalue weighted by Gasteiger charge is 2.19. The lowest BCUT2D eigenvalue weighted by Crippen LogP contribution is -2.19. The second-order valence-corrected chi connectivity index (χ2v) is 6.00.